The molecule has 0 aromatic carbocycles. The average Bonchev–Trinajstić information content (AvgIpc) is 2.49. The monoisotopic (exact) mass is 247 g/mol. The molecule has 0 aliphatic rings. The van der Waals surface area contributed by atoms with Gasteiger partial charge in [-0.2, -0.15) is 0 Å². The van der Waals surface area contributed by atoms with E-state index < -0.39 is 0 Å². The zero-order chi connectivity index (χ0) is 9.14. The van der Waals surface area contributed by atoms with E-state index in [4.69, 9.17) is 0 Å². The van der Waals surface area contributed by atoms with Crippen molar-refractivity contribution in [2.45, 2.75) is 12.8 Å². The molecule has 1 radical (unpaired) electrons. The van der Waals surface area contributed by atoms with Crippen LogP contribution in [0.4, 0.5) is 0 Å². The average molecular weight is 248 g/mol. The Morgan fingerprint density at radius 3 is 2.92 bits per heavy atom. The minimum absolute atomic E-state index is 0.224. The van der Waals surface area contributed by atoms with E-state index in [1.807, 2.05) is 6.07 Å². The van der Waals surface area contributed by atoms with Crippen molar-refractivity contribution >= 4 is 33.2 Å². The summed E-state index contributed by atoms with van der Waals surface area (Å²) in [6.45, 7) is 1.80. The molecule has 1 unspecified atom stereocenters. The molecule has 0 spiro atoms. The largest absolute Gasteiger partial charge is 0.469 e. The number of carbonyl (C=O) groups excluding carboxylic acids is 1. The molecular weight excluding hydrogens is 240 g/mol. The number of rotatable bonds is 2. The third-order valence-corrected chi connectivity index (χ3v) is 2.92. The summed E-state index contributed by atoms with van der Waals surface area (Å²) in [5, 5.41) is 3.01. The predicted octanol–water partition coefficient (Wildman–Crippen LogP) is 2.59. The molecule has 1 aromatic rings. The Kier molecular flexibility index (Phi) is 3.29. The lowest BCUT2D eigenvalue weighted by Crippen LogP contribution is -2.09. The van der Waals surface area contributed by atoms with Crippen LogP contribution in [0.1, 0.15) is 18.4 Å². The third-order valence-electron chi connectivity index (χ3n) is 1.56. The number of ether oxygens (including phenoxy) is 1. The van der Waals surface area contributed by atoms with Crippen molar-refractivity contribution in [3.63, 3.8) is 0 Å². The molecule has 12 heavy (non-hydrogen) atoms. The van der Waals surface area contributed by atoms with Gasteiger partial charge in [0.05, 0.1) is 16.8 Å². The Morgan fingerprint density at radius 2 is 2.50 bits per heavy atom. The number of hydrogen-bond donors (Lipinski definition) is 0. The fraction of sp³-hybridized carbons (Fsp3) is 0.375. The molecule has 0 fully saturated rings. The lowest BCUT2D eigenvalue weighted by Gasteiger charge is -2.04. The summed E-state index contributed by atoms with van der Waals surface area (Å²) in [6.07, 6.45) is 0. The van der Waals surface area contributed by atoms with Crippen LogP contribution < -0.4 is 0 Å². The maximum Gasteiger partial charge on any atom is 0.312 e. The summed E-state index contributed by atoms with van der Waals surface area (Å²) >= 11 is 4.75. The van der Waals surface area contributed by atoms with Gasteiger partial charge >= 0.3 is 5.97 Å². The molecule has 0 aliphatic carbocycles. The maximum absolute atomic E-state index is 11.1. The number of carbonyl (C=O) groups is 1. The van der Waals surface area contributed by atoms with Crippen LogP contribution in [-0.4, -0.2) is 13.1 Å². The first-order chi connectivity index (χ1) is 5.65. The van der Waals surface area contributed by atoms with Crippen molar-refractivity contribution in [2.75, 3.05) is 7.11 Å². The van der Waals surface area contributed by atoms with E-state index in [1.165, 1.54) is 18.4 Å². The first-order valence-corrected chi connectivity index (χ1v) is 5.01. The minimum Gasteiger partial charge on any atom is -0.469 e. The van der Waals surface area contributed by atoms with Crippen molar-refractivity contribution in [3.8, 4) is 0 Å². The fourth-order valence-corrected chi connectivity index (χ4v) is 1.93. The summed E-state index contributed by atoms with van der Waals surface area (Å²) in [6, 6.07) is 1.88. The molecular formula is C8H8BrO2S. The molecule has 0 aliphatic heterocycles. The van der Waals surface area contributed by atoms with Crippen LogP contribution in [0.2, 0.25) is 0 Å². The second kappa shape index (κ2) is 4.05. The summed E-state index contributed by atoms with van der Waals surface area (Å²) in [5.74, 6) is -0.450. The maximum atomic E-state index is 11.1. The van der Waals surface area contributed by atoms with Crippen molar-refractivity contribution in [1.29, 1.82) is 0 Å². The standard InChI is InChI=1S/C8H8BrO2S/c1-5(8(10)11-2)6-3-7(9)12-4-6/h3,5H,1-2H3. The van der Waals surface area contributed by atoms with E-state index in [1.54, 1.807) is 6.92 Å². The topological polar surface area (TPSA) is 26.3 Å². The molecule has 4 heteroatoms. The van der Waals surface area contributed by atoms with Crippen LogP contribution in [0.5, 0.6) is 0 Å². The van der Waals surface area contributed by atoms with Gasteiger partial charge in [0, 0.05) is 5.38 Å². The van der Waals surface area contributed by atoms with Gasteiger partial charge in [-0.05, 0) is 34.5 Å². The highest BCUT2D eigenvalue weighted by Gasteiger charge is 2.16. The van der Waals surface area contributed by atoms with Crippen molar-refractivity contribution in [3.05, 3.63) is 20.8 Å². The molecule has 2 nitrogen and oxygen atoms in total. The van der Waals surface area contributed by atoms with Gasteiger partial charge in [0.2, 0.25) is 0 Å². The Bertz CT molecular complexity index is 282. The molecule has 1 aromatic heterocycles. The quantitative estimate of drug-likeness (QED) is 0.752. The fourth-order valence-electron chi connectivity index (χ4n) is 0.806. The van der Waals surface area contributed by atoms with Crippen molar-refractivity contribution in [1.82, 2.24) is 0 Å². The highest BCUT2D eigenvalue weighted by molar-refractivity contribution is 9.11. The van der Waals surface area contributed by atoms with E-state index in [9.17, 15) is 4.79 Å². The van der Waals surface area contributed by atoms with E-state index in [0.717, 1.165) is 9.35 Å². The van der Waals surface area contributed by atoms with Crippen LogP contribution in [0, 0.1) is 5.38 Å². The summed E-state index contributed by atoms with van der Waals surface area (Å²) in [7, 11) is 1.39. The summed E-state index contributed by atoms with van der Waals surface area (Å²) < 4.78 is 5.59. The molecule has 65 valence electrons. The number of hydrogen-bond acceptors (Lipinski definition) is 3. The predicted molar refractivity (Wildman–Crippen MR) is 51.3 cm³/mol. The smallest absolute Gasteiger partial charge is 0.312 e. The molecule has 0 saturated heterocycles. The van der Waals surface area contributed by atoms with Gasteiger partial charge in [-0.15, -0.1) is 11.3 Å². The SMILES string of the molecule is COC(=O)C(C)c1[c]sc(Br)c1. The lowest BCUT2D eigenvalue weighted by atomic mass is 10.1. The van der Waals surface area contributed by atoms with Gasteiger partial charge in [-0.3, -0.25) is 4.79 Å². The summed E-state index contributed by atoms with van der Waals surface area (Å²) in [4.78, 5) is 11.1. The Labute approximate surface area is 83.7 Å². The number of halogens is 1. The zero-order valence-corrected chi connectivity index (χ0v) is 9.16. The second-order valence-electron chi connectivity index (χ2n) is 2.35. The Balaban J connectivity index is 2.77. The normalized spacial score (nSPS) is 12.6. The molecule has 0 N–H and O–H groups in total. The van der Waals surface area contributed by atoms with Crippen LogP contribution >= 0.6 is 27.3 Å². The van der Waals surface area contributed by atoms with Gasteiger partial charge in [-0.1, -0.05) is 0 Å². The van der Waals surface area contributed by atoms with Crippen molar-refractivity contribution in [2.24, 2.45) is 0 Å². The van der Waals surface area contributed by atoms with Gasteiger partial charge in [0.25, 0.3) is 0 Å². The number of thiophene rings is 1. The van der Waals surface area contributed by atoms with Gasteiger partial charge < -0.3 is 4.74 Å². The highest BCUT2D eigenvalue weighted by atomic mass is 79.9. The van der Waals surface area contributed by atoms with Gasteiger partial charge in [0.15, 0.2) is 0 Å². The molecule has 0 amide bonds. The lowest BCUT2D eigenvalue weighted by molar-refractivity contribution is -0.141. The molecule has 1 rings (SSSR count). The minimum atomic E-state index is -0.225. The summed E-state index contributed by atoms with van der Waals surface area (Å²) in [5.41, 5.74) is 0.874. The first kappa shape index (κ1) is 9.74. The van der Waals surface area contributed by atoms with Crippen LogP contribution in [-0.2, 0) is 9.53 Å². The zero-order valence-electron chi connectivity index (χ0n) is 6.76. The van der Waals surface area contributed by atoms with Crippen molar-refractivity contribution < 1.29 is 9.53 Å². The second-order valence-corrected chi connectivity index (χ2v) is 4.58. The Hall–Kier alpha value is -0.350. The molecule has 0 bridgehead atoms. The van der Waals surface area contributed by atoms with E-state index in [0.29, 0.717) is 0 Å². The first-order valence-electron chi connectivity index (χ1n) is 3.40. The van der Waals surface area contributed by atoms with Crippen LogP contribution in [0.3, 0.4) is 0 Å². The van der Waals surface area contributed by atoms with E-state index in [2.05, 4.69) is 26.0 Å². The van der Waals surface area contributed by atoms with Crippen LogP contribution in [0.25, 0.3) is 0 Å². The number of esters is 1. The van der Waals surface area contributed by atoms with E-state index in [-0.39, 0.29) is 11.9 Å². The Morgan fingerprint density at radius 1 is 1.83 bits per heavy atom. The van der Waals surface area contributed by atoms with E-state index >= 15 is 0 Å². The number of methoxy groups -OCH3 is 1. The van der Waals surface area contributed by atoms with Gasteiger partial charge in [-0.25, -0.2) is 0 Å². The van der Waals surface area contributed by atoms with Gasteiger partial charge in [0.1, 0.15) is 0 Å². The van der Waals surface area contributed by atoms with Crippen LogP contribution in [0.15, 0.2) is 9.85 Å². The third kappa shape index (κ3) is 2.08. The molecule has 0 saturated carbocycles. The molecule has 1 heterocycles. The molecule has 1 atom stereocenters. The highest BCUT2D eigenvalue weighted by Crippen LogP contribution is 2.26.